The van der Waals surface area contributed by atoms with Gasteiger partial charge in [-0.05, 0) is 86.3 Å². The first-order valence-electron chi connectivity index (χ1n) is 12.0. The normalized spacial score (nSPS) is 13.9. The highest BCUT2D eigenvalue weighted by molar-refractivity contribution is 5.84. The van der Waals surface area contributed by atoms with Crippen LogP contribution in [0.4, 0.5) is 28.9 Å². The third kappa shape index (κ3) is 11.1. The average Bonchev–Trinajstić information content (AvgIpc) is 2.86. The van der Waals surface area contributed by atoms with E-state index in [-0.39, 0.29) is 18.3 Å². The van der Waals surface area contributed by atoms with Gasteiger partial charge in [-0.2, -0.15) is 13.2 Å². The summed E-state index contributed by atoms with van der Waals surface area (Å²) in [6.07, 6.45) is -2.92. The van der Waals surface area contributed by atoms with Crippen molar-refractivity contribution in [3.63, 3.8) is 0 Å². The maximum Gasteiger partial charge on any atom is 0.490 e. The van der Waals surface area contributed by atoms with Gasteiger partial charge >= 0.3 is 12.1 Å². The summed E-state index contributed by atoms with van der Waals surface area (Å²) in [5, 5.41) is 13.5. The maximum atomic E-state index is 13.4. The molecule has 1 saturated heterocycles. The fraction of sp³-hybridized carbons (Fsp3) is 0.462. The molecular formula is C26H33F4N3O4. The summed E-state index contributed by atoms with van der Waals surface area (Å²) >= 11 is 0. The van der Waals surface area contributed by atoms with Crippen LogP contribution in [-0.2, 0) is 9.59 Å². The van der Waals surface area contributed by atoms with E-state index in [1.165, 1.54) is 12.1 Å². The molecule has 1 aliphatic heterocycles. The quantitative estimate of drug-likeness (QED) is 0.408. The minimum absolute atomic E-state index is 0.0435. The summed E-state index contributed by atoms with van der Waals surface area (Å²) in [5.74, 6) is -1.34. The highest BCUT2D eigenvalue weighted by atomic mass is 19.4. The van der Waals surface area contributed by atoms with E-state index in [2.05, 4.69) is 24.5 Å². The number of hydrogen-bond acceptors (Lipinski definition) is 5. The van der Waals surface area contributed by atoms with Crippen LogP contribution in [0.2, 0.25) is 0 Å². The smallest absolute Gasteiger partial charge is 0.490 e. The van der Waals surface area contributed by atoms with Crippen LogP contribution in [0.5, 0.6) is 5.75 Å². The number of piperidine rings is 1. The van der Waals surface area contributed by atoms with Crippen LogP contribution in [-0.4, -0.2) is 55.9 Å². The molecule has 0 radical (unpaired) electrons. The fourth-order valence-electron chi connectivity index (χ4n) is 3.48. The van der Waals surface area contributed by atoms with E-state index in [0.29, 0.717) is 25.0 Å². The van der Waals surface area contributed by atoms with Crippen molar-refractivity contribution in [3.8, 4) is 5.75 Å². The standard InChI is InChI=1S/C24H32FN3O2.C2HF3O2/c1-18(2)17-30-23-9-7-22(8-10-23)28(21-5-3-20(25)4-6-21)16-24(29)27-15-19-11-13-26-14-12-19;3-2(4,5)1(6)7/h3-10,18-19,26H,11-17H2,1-2H3,(H,27,29);(H,6,7). The molecule has 1 aliphatic rings. The van der Waals surface area contributed by atoms with E-state index in [0.717, 1.165) is 43.1 Å². The van der Waals surface area contributed by atoms with Gasteiger partial charge in [-0.3, -0.25) is 4.79 Å². The molecule has 0 aromatic heterocycles. The van der Waals surface area contributed by atoms with Crippen molar-refractivity contribution in [3.05, 3.63) is 54.3 Å². The Labute approximate surface area is 213 Å². The number of carbonyl (C=O) groups is 2. The first kappa shape index (κ1) is 29.9. The zero-order chi connectivity index (χ0) is 27.4. The van der Waals surface area contributed by atoms with Crippen LogP contribution >= 0.6 is 0 Å². The molecule has 0 aliphatic carbocycles. The SMILES string of the molecule is CC(C)COc1ccc(N(CC(=O)NCC2CCNCC2)c2ccc(F)cc2)cc1.O=C(O)C(F)(F)F. The number of carboxylic acid groups (broad SMARTS) is 1. The molecule has 7 nitrogen and oxygen atoms in total. The molecule has 2 aromatic carbocycles. The Morgan fingerprint density at radius 1 is 1.05 bits per heavy atom. The number of rotatable bonds is 9. The van der Waals surface area contributed by atoms with Gasteiger partial charge in [0.05, 0.1) is 6.61 Å². The Kier molecular flexibility index (Phi) is 11.6. The van der Waals surface area contributed by atoms with Crippen LogP contribution < -0.4 is 20.3 Å². The van der Waals surface area contributed by atoms with Gasteiger partial charge in [0.25, 0.3) is 0 Å². The van der Waals surface area contributed by atoms with Crippen LogP contribution in [0.15, 0.2) is 48.5 Å². The summed E-state index contributed by atoms with van der Waals surface area (Å²) in [6, 6.07) is 13.9. The number of carboxylic acids is 1. The maximum absolute atomic E-state index is 13.4. The molecule has 2 aromatic rings. The number of benzene rings is 2. The predicted octanol–water partition coefficient (Wildman–Crippen LogP) is 4.75. The molecule has 1 fully saturated rings. The van der Waals surface area contributed by atoms with Crippen molar-refractivity contribution < 1.29 is 37.0 Å². The number of alkyl halides is 3. The number of halogens is 4. The molecule has 204 valence electrons. The minimum atomic E-state index is -5.08. The van der Waals surface area contributed by atoms with Gasteiger partial charge in [-0.1, -0.05) is 13.8 Å². The van der Waals surface area contributed by atoms with Crippen LogP contribution in [0, 0.1) is 17.7 Å². The van der Waals surface area contributed by atoms with Gasteiger partial charge in [-0.15, -0.1) is 0 Å². The minimum Gasteiger partial charge on any atom is -0.493 e. The van der Waals surface area contributed by atoms with Crippen LogP contribution in [0.3, 0.4) is 0 Å². The number of hydrogen-bond donors (Lipinski definition) is 3. The fourth-order valence-corrected chi connectivity index (χ4v) is 3.48. The lowest BCUT2D eigenvalue weighted by Gasteiger charge is -2.26. The number of carbonyl (C=O) groups excluding carboxylic acids is 1. The second kappa shape index (κ2) is 14.4. The summed E-state index contributed by atoms with van der Waals surface area (Å²) in [6.45, 7) is 7.74. The largest absolute Gasteiger partial charge is 0.493 e. The second-order valence-corrected chi connectivity index (χ2v) is 9.06. The van der Waals surface area contributed by atoms with E-state index in [4.69, 9.17) is 14.6 Å². The molecule has 0 atom stereocenters. The van der Waals surface area contributed by atoms with Crippen molar-refractivity contribution in [1.82, 2.24) is 10.6 Å². The van der Waals surface area contributed by atoms with Crippen LogP contribution in [0.25, 0.3) is 0 Å². The molecule has 3 rings (SSSR count). The molecule has 3 N–H and O–H groups in total. The predicted molar refractivity (Wildman–Crippen MR) is 132 cm³/mol. The lowest BCUT2D eigenvalue weighted by atomic mass is 9.98. The van der Waals surface area contributed by atoms with Crippen molar-refractivity contribution >= 4 is 23.3 Å². The molecule has 37 heavy (non-hydrogen) atoms. The van der Waals surface area contributed by atoms with Crippen LogP contribution in [0.1, 0.15) is 26.7 Å². The van der Waals surface area contributed by atoms with Gasteiger partial charge in [0.15, 0.2) is 0 Å². The highest BCUT2D eigenvalue weighted by Crippen LogP contribution is 2.27. The van der Waals surface area contributed by atoms with E-state index < -0.39 is 12.1 Å². The number of nitrogens with zero attached hydrogens (tertiary/aromatic N) is 1. The van der Waals surface area contributed by atoms with Gasteiger partial charge in [0.2, 0.25) is 5.91 Å². The summed E-state index contributed by atoms with van der Waals surface area (Å²) in [7, 11) is 0. The van der Waals surface area contributed by atoms with E-state index in [1.807, 2.05) is 29.2 Å². The second-order valence-electron chi connectivity index (χ2n) is 9.06. The molecule has 11 heteroatoms. The number of nitrogens with one attached hydrogen (secondary N) is 2. The molecular weight excluding hydrogens is 494 g/mol. The average molecular weight is 528 g/mol. The lowest BCUT2D eigenvalue weighted by Crippen LogP contribution is -2.40. The Morgan fingerprint density at radius 3 is 2.05 bits per heavy atom. The van der Waals surface area contributed by atoms with E-state index in [1.54, 1.807) is 12.1 Å². The van der Waals surface area contributed by atoms with Gasteiger partial charge in [0.1, 0.15) is 18.1 Å². The Balaban J connectivity index is 0.000000604. The Morgan fingerprint density at radius 2 is 1.57 bits per heavy atom. The van der Waals surface area contributed by atoms with Crippen molar-refractivity contribution in [2.45, 2.75) is 32.9 Å². The summed E-state index contributed by atoms with van der Waals surface area (Å²) in [5.41, 5.74) is 1.62. The first-order valence-corrected chi connectivity index (χ1v) is 12.0. The van der Waals surface area contributed by atoms with Crippen molar-refractivity contribution in [2.24, 2.45) is 11.8 Å². The van der Waals surface area contributed by atoms with Crippen molar-refractivity contribution in [1.29, 1.82) is 0 Å². The summed E-state index contributed by atoms with van der Waals surface area (Å²) < 4.78 is 50.9. The molecule has 0 spiro atoms. The number of aliphatic carboxylic acids is 1. The lowest BCUT2D eigenvalue weighted by molar-refractivity contribution is -0.192. The molecule has 0 unspecified atom stereocenters. The monoisotopic (exact) mass is 527 g/mol. The Hall–Kier alpha value is -3.34. The third-order valence-corrected chi connectivity index (χ3v) is 5.46. The van der Waals surface area contributed by atoms with E-state index in [9.17, 15) is 22.4 Å². The Bertz CT molecular complexity index is 977. The summed E-state index contributed by atoms with van der Waals surface area (Å²) in [4.78, 5) is 23.5. The topological polar surface area (TPSA) is 90.9 Å². The zero-order valence-electron chi connectivity index (χ0n) is 20.9. The number of ether oxygens (including phenoxy) is 1. The zero-order valence-corrected chi connectivity index (χ0v) is 20.9. The van der Waals surface area contributed by atoms with Gasteiger partial charge in [0, 0.05) is 17.9 Å². The number of anilines is 2. The number of amides is 1. The van der Waals surface area contributed by atoms with Gasteiger partial charge in [-0.25, -0.2) is 9.18 Å². The van der Waals surface area contributed by atoms with Crippen molar-refractivity contribution in [2.75, 3.05) is 37.7 Å². The first-order chi connectivity index (χ1) is 17.5. The third-order valence-electron chi connectivity index (χ3n) is 5.46. The van der Waals surface area contributed by atoms with E-state index >= 15 is 0 Å². The molecule has 1 heterocycles. The molecule has 1 amide bonds. The highest BCUT2D eigenvalue weighted by Gasteiger charge is 2.38. The molecule has 0 bridgehead atoms. The molecule has 0 saturated carbocycles. The van der Waals surface area contributed by atoms with Gasteiger partial charge < -0.3 is 25.4 Å².